The molecule has 0 aliphatic rings. The van der Waals surface area contributed by atoms with Gasteiger partial charge >= 0.3 is 0 Å². The van der Waals surface area contributed by atoms with Gasteiger partial charge in [0.2, 0.25) is 0 Å². The number of nitrogens with one attached hydrogen (secondary N) is 3. The van der Waals surface area contributed by atoms with E-state index in [-0.39, 0.29) is 18.1 Å². The molecule has 0 fully saturated rings. The summed E-state index contributed by atoms with van der Waals surface area (Å²) in [7, 11) is 1.54. The summed E-state index contributed by atoms with van der Waals surface area (Å²) in [6, 6.07) is 12.6. The second-order valence-corrected chi connectivity index (χ2v) is 8.16. The van der Waals surface area contributed by atoms with Crippen LogP contribution in [0, 0.1) is 0 Å². The summed E-state index contributed by atoms with van der Waals surface area (Å²) >= 11 is 0. The molecule has 1 unspecified atom stereocenters. The van der Waals surface area contributed by atoms with Crippen molar-refractivity contribution in [2.24, 2.45) is 0 Å². The molecule has 0 spiro atoms. The number of ether oxygens (including phenoxy) is 2. The maximum atomic E-state index is 13.0. The minimum atomic E-state index is -0.712. The number of methoxy groups -OCH3 is 1. The van der Waals surface area contributed by atoms with Crippen molar-refractivity contribution in [2.45, 2.75) is 32.4 Å². The van der Waals surface area contributed by atoms with Crippen LogP contribution in [0.2, 0.25) is 0 Å². The van der Waals surface area contributed by atoms with E-state index in [0.29, 0.717) is 29.3 Å². The topological polar surface area (TPSA) is 95.6 Å². The first-order valence-corrected chi connectivity index (χ1v) is 9.88. The smallest absolute Gasteiger partial charge is 0.259 e. The molecule has 2 aromatic carbocycles. The van der Waals surface area contributed by atoms with E-state index in [2.05, 4.69) is 15.6 Å². The fourth-order valence-corrected chi connectivity index (χ4v) is 2.99. The van der Waals surface area contributed by atoms with Crippen molar-refractivity contribution in [3.63, 3.8) is 0 Å². The number of aromatic nitrogens is 1. The van der Waals surface area contributed by atoms with E-state index < -0.39 is 6.10 Å². The lowest BCUT2D eigenvalue weighted by Gasteiger charge is -2.23. The van der Waals surface area contributed by atoms with Crippen LogP contribution in [0.3, 0.4) is 0 Å². The molecule has 3 rings (SSSR count). The van der Waals surface area contributed by atoms with Gasteiger partial charge in [-0.2, -0.15) is 0 Å². The van der Waals surface area contributed by atoms with Gasteiger partial charge in [0.05, 0.1) is 18.4 Å². The van der Waals surface area contributed by atoms with Crippen LogP contribution in [0.25, 0.3) is 10.9 Å². The van der Waals surface area contributed by atoms with E-state index in [1.165, 1.54) is 0 Å². The van der Waals surface area contributed by atoms with Crippen molar-refractivity contribution < 1.29 is 19.4 Å². The maximum absolute atomic E-state index is 13.0. The van der Waals surface area contributed by atoms with Gasteiger partial charge in [-0.15, -0.1) is 0 Å². The van der Waals surface area contributed by atoms with E-state index >= 15 is 0 Å². The molecule has 1 atom stereocenters. The Bertz CT molecular complexity index is 1010. The van der Waals surface area contributed by atoms with E-state index in [1.807, 2.05) is 51.2 Å². The molecule has 0 aliphatic carbocycles. The minimum absolute atomic E-state index is 0.0586. The molecule has 0 aliphatic heterocycles. The quantitative estimate of drug-likeness (QED) is 0.455. The molecule has 0 saturated carbocycles. The Morgan fingerprint density at radius 3 is 2.73 bits per heavy atom. The number of hydrogen-bond donors (Lipinski definition) is 4. The average molecular weight is 412 g/mol. The second-order valence-electron chi connectivity index (χ2n) is 8.16. The van der Waals surface area contributed by atoms with E-state index in [9.17, 15) is 9.90 Å². The molecule has 7 heteroatoms. The molecular formula is C23H29N3O4. The highest BCUT2D eigenvalue weighted by Gasteiger charge is 2.18. The van der Waals surface area contributed by atoms with Crippen LogP contribution >= 0.6 is 0 Å². The summed E-state index contributed by atoms with van der Waals surface area (Å²) in [6.45, 7) is 6.52. The first kappa shape index (κ1) is 21.7. The van der Waals surface area contributed by atoms with Crippen molar-refractivity contribution in [1.29, 1.82) is 0 Å². The van der Waals surface area contributed by atoms with Crippen LogP contribution in [0.15, 0.2) is 48.7 Å². The Labute approximate surface area is 176 Å². The number of β-amino-alcohol motifs (C(OH)–C–C–N with tert-alkyl or cyclic N) is 1. The highest BCUT2D eigenvalue weighted by Crippen LogP contribution is 2.27. The number of amides is 1. The van der Waals surface area contributed by atoms with E-state index in [1.54, 1.807) is 25.3 Å². The SMILES string of the molecule is COc1ccc(OCC(O)CNC(C)(C)C)c(C(=O)Nc2cccc3[nH]ccc23)c1. The highest BCUT2D eigenvalue weighted by molar-refractivity contribution is 6.10. The zero-order valence-corrected chi connectivity index (χ0v) is 17.8. The van der Waals surface area contributed by atoms with Crippen molar-refractivity contribution in [3.8, 4) is 11.5 Å². The van der Waals surface area contributed by atoms with Crippen LogP contribution in [0.5, 0.6) is 11.5 Å². The Hall–Kier alpha value is -3.03. The van der Waals surface area contributed by atoms with Crippen LogP contribution in [0.1, 0.15) is 31.1 Å². The van der Waals surface area contributed by atoms with Gasteiger partial charge in [0.15, 0.2) is 0 Å². The number of benzene rings is 2. The van der Waals surface area contributed by atoms with Gasteiger partial charge in [0, 0.05) is 29.2 Å². The largest absolute Gasteiger partial charge is 0.497 e. The minimum Gasteiger partial charge on any atom is -0.497 e. The summed E-state index contributed by atoms with van der Waals surface area (Å²) in [4.78, 5) is 16.2. The number of hydrogen-bond acceptors (Lipinski definition) is 5. The summed E-state index contributed by atoms with van der Waals surface area (Å²) in [5.74, 6) is 0.603. The Morgan fingerprint density at radius 1 is 1.20 bits per heavy atom. The van der Waals surface area contributed by atoms with Crippen LogP contribution in [-0.2, 0) is 0 Å². The molecule has 7 nitrogen and oxygen atoms in total. The van der Waals surface area contributed by atoms with Gasteiger partial charge in [-0.25, -0.2) is 0 Å². The fourth-order valence-electron chi connectivity index (χ4n) is 2.99. The van der Waals surface area contributed by atoms with Crippen LogP contribution in [0.4, 0.5) is 5.69 Å². The molecule has 160 valence electrons. The Morgan fingerprint density at radius 2 is 2.00 bits per heavy atom. The maximum Gasteiger partial charge on any atom is 0.259 e. The molecule has 1 amide bonds. The van der Waals surface area contributed by atoms with Crippen LogP contribution < -0.4 is 20.1 Å². The van der Waals surface area contributed by atoms with Gasteiger partial charge in [-0.1, -0.05) is 6.07 Å². The van der Waals surface area contributed by atoms with Gasteiger partial charge < -0.3 is 30.2 Å². The van der Waals surface area contributed by atoms with E-state index in [0.717, 1.165) is 10.9 Å². The lowest BCUT2D eigenvalue weighted by atomic mass is 10.1. The van der Waals surface area contributed by atoms with Crippen molar-refractivity contribution in [1.82, 2.24) is 10.3 Å². The van der Waals surface area contributed by atoms with Gasteiger partial charge in [0.25, 0.3) is 5.91 Å². The number of anilines is 1. The third kappa shape index (κ3) is 5.52. The molecule has 0 radical (unpaired) electrons. The first-order chi connectivity index (χ1) is 14.3. The molecule has 1 aromatic heterocycles. The highest BCUT2D eigenvalue weighted by atomic mass is 16.5. The zero-order chi connectivity index (χ0) is 21.7. The molecule has 3 aromatic rings. The third-order valence-corrected chi connectivity index (χ3v) is 4.57. The van der Waals surface area contributed by atoms with Gasteiger partial charge in [-0.05, 0) is 57.2 Å². The molecule has 30 heavy (non-hydrogen) atoms. The monoisotopic (exact) mass is 411 g/mol. The predicted molar refractivity (Wildman–Crippen MR) is 119 cm³/mol. The van der Waals surface area contributed by atoms with Crippen molar-refractivity contribution >= 4 is 22.5 Å². The first-order valence-electron chi connectivity index (χ1n) is 9.88. The van der Waals surface area contributed by atoms with Gasteiger partial charge in [0.1, 0.15) is 24.2 Å². The molecule has 4 N–H and O–H groups in total. The number of aromatic amines is 1. The number of fused-ring (bicyclic) bond motifs is 1. The zero-order valence-electron chi connectivity index (χ0n) is 17.8. The lowest BCUT2D eigenvalue weighted by molar-refractivity contribution is 0.0954. The molecular weight excluding hydrogens is 382 g/mol. The normalized spacial score (nSPS) is 12.6. The average Bonchev–Trinajstić information content (AvgIpc) is 3.20. The summed E-state index contributed by atoms with van der Waals surface area (Å²) in [5.41, 5.74) is 1.86. The van der Waals surface area contributed by atoms with Crippen LogP contribution in [-0.4, -0.2) is 47.9 Å². The van der Waals surface area contributed by atoms with Crippen molar-refractivity contribution in [2.75, 3.05) is 25.6 Å². The molecule has 1 heterocycles. The summed E-state index contributed by atoms with van der Waals surface area (Å²) < 4.78 is 11.1. The third-order valence-electron chi connectivity index (χ3n) is 4.57. The molecule has 0 saturated heterocycles. The number of H-pyrrole nitrogens is 1. The standard InChI is InChI=1S/C23H29N3O4/c1-23(2,3)25-13-15(27)14-30-21-9-8-16(29-4)12-18(21)22(28)26-20-7-5-6-19-17(20)10-11-24-19/h5-12,15,24-25,27H,13-14H2,1-4H3,(H,26,28). The fraction of sp³-hybridized carbons (Fsp3) is 0.348. The summed E-state index contributed by atoms with van der Waals surface area (Å²) in [6.07, 6.45) is 1.11. The number of aliphatic hydroxyl groups is 1. The van der Waals surface area contributed by atoms with E-state index in [4.69, 9.17) is 9.47 Å². The van der Waals surface area contributed by atoms with Crippen molar-refractivity contribution in [3.05, 3.63) is 54.2 Å². The Balaban J connectivity index is 1.76. The number of aliphatic hydroxyl groups excluding tert-OH is 1. The summed E-state index contributed by atoms with van der Waals surface area (Å²) in [5, 5.41) is 17.3. The number of carbonyl (C=O) groups is 1. The second kappa shape index (κ2) is 9.19. The Kier molecular flexibility index (Phi) is 6.64. The lowest BCUT2D eigenvalue weighted by Crippen LogP contribution is -2.42. The van der Waals surface area contributed by atoms with Gasteiger partial charge in [-0.3, -0.25) is 4.79 Å². The predicted octanol–water partition coefficient (Wildman–Crippen LogP) is 3.56. The molecule has 0 bridgehead atoms. The number of carbonyl (C=O) groups excluding carboxylic acids is 1. The number of rotatable bonds is 8.